The number of aromatic nitrogens is 1. The number of hydrogen-bond donors (Lipinski definition) is 2. The lowest BCUT2D eigenvalue weighted by molar-refractivity contribution is 0.318. The molecule has 1 aliphatic heterocycles. The fourth-order valence-corrected chi connectivity index (χ4v) is 2.66. The molecule has 110 valence electrons. The van der Waals surface area contributed by atoms with Crippen molar-refractivity contribution in [2.24, 2.45) is 10.9 Å². The molecule has 1 aromatic heterocycles. The average Bonchev–Trinajstić information content (AvgIpc) is 2.67. The second-order valence-corrected chi connectivity index (χ2v) is 5.26. The molecule has 0 bridgehead atoms. The highest BCUT2D eigenvalue weighted by Crippen LogP contribution is 2.20. The van der Waals surface area contributed by atoms with E-state index in [9.17, 15) is 0 Å². The summed E-state index contributed by atoms with van der Waals surface area (Å²) >= 11 is 0. The smallest absolute Gasteiger partial charge is 0.171 e. The minimum atomic E-state index is 0.0895. The molecular formula is C14H23N5O. The Kier molecular flexibility index (Phi) is 4.79. The maximum Gasteiger partial charge on any atom is 0.171 e. The van der Waals surface area contributed by atoms with Gasteiger partial charge in [-0.05, 0) is 38.6 Å². The normalized spacial score (nSPS) is 21.8. The summed E-state index contributed by atoms with van der Waals surface area (Å²) in [5, 5.41) is 11.7. The van der Waals surface area contributed by atoms with Gasteiger partial charge in [-0.2, -0.15) is 0 Å². The van der Waals surface area contributed by atoms with Gasteiger partial charge in [-0.15, -0.1) is 0 Å². The second kappa shape index (κ2) is 6.56. The molecule has 0 amide bonds. The molecule has 6 nitrogen and oxygen atoms in total. The van der Waals surface area contributed by atoms with Crippen LogP contribution in [0.4, 0.5) is 5.82 Å². The number of oxime groups is 1. The molecule has 6 heteroatoms. The van der Waals surface area contributed by atoms with E-state index >= 15 is 0 Å². The van der Waals surface area contributed by atoms with E-state index in [4.69, 9.17) is 10.9 Å². The molecule has 3 N–H and O–H groups in total. The van der Waals surface area contributed by atoms with Gasteiger partial charge in [0.25, 0.3) is 0 Å². The van der Waals surface area contributed by atoms with Crippen LogP contribution in [0.15, 0.2) is 23.5 Å². The van der Waals surface area contributed by atoms with Crippen molar-refractivity contribution in [1.82, 2.24) is 9.88 Å². The molecule has 0 spiro atoms. The minimum Gasteiger partial charge on any atom is -0.409 e. The van der Waals surface area contributed by atoms with Crippen LogP contribution in [-0.4, -0.2) is 53.7 Å². The molecule has 2 rings (SSSR count). The molecule has 20 heavy (non-hydrogen) atoms. The largest absolute Gasteiger partial charge is 0.409 e. The monoisotopic (exact) mass is 277 g/mol. The maximum atomic E-state index is 8.67. The number of amidine groups is 1. The summed E-state index contributed by atoms with van der Waals surface area (Å²) in [5.41, 5.74) is 6.19. The molecule has 1 saturated heterocycles. The van der Waals surface area contributed by atoms with E-state index < -0.39 is 0 Å². The molecule has 1 atom stereocenters. The maximum absolute atomic E-state index is 8.67. The first-order valence-corrected chi connectivity index (χ1v) is 7.04. The first-order chi connectivity index (χ1) is 9.65. The average molecular weight is 277 g/mol. The molecule has 0 saturated carbocycles. The highest BCUT2D eigenvalue weighted by Gasteiger charge is 2.22. The van der Waals surface area contributed by atoms with Gasteiger partial charge in [-0.25, -0.2) is 4.98 Å². The number of nitrogens with two attached hydrogens (primary N) is 1. The van der Waals surface area contributed by atoms with Crippen molar-refractivity contribution in [3.8, 4) is 0 Å². The van der Waals surface area contributed by atoms with Crippen LogP contribution < -0.4 is 10.6 Å². The third kappa shape index (κ3) is 3.19. The standard InChI is InChI=1S/C14H23N5O/c1-3-12-10-18(2)7-4-8-19(12)13-6-5-11(9-16-13)14(15)17-20/h5-6,9,12,20H,3-4,7-8,10H2,1-2H3,(H2,15,17). The number of hydrogen-bond acceptors (Lipinski definition) is 5. The molecule has 1 aromatic rings. The van der Waals surface area contributed by atoms with Gasteiger partial charge in [0, 0.05) is 30.9 Å². The zero-order chi connectivity index (χ0) is 14.5. The van der Waals surface area contributed by atoms with Crippen molar-refractivity contribution in [2.75, 3.05) is 31.6 Å². The second-order valence-electron chi connectivity index (χ2n) is 5.26. The highest BCUT2D eigenvalue weighted by molar-refractivity contribution is 5.96. The zero-order valence-electron chi connectivity index (χ0n) is 12.2. The van der Waals surface area contributed by atoms with Crippen LogP contribution in [0.1, 0.15) is 25.3 Å². The van der Waals surface area contributed by atoms with E-state index in [1.54, 1.807) is 6.20 Å². The van der Waals surface area contributed by atoms with Gasteiger partial charge in [-0.1, -0.05) is 12.1 Å². The predicted molar refractivity (Wildman–Crippen MR) is 80.3 cm³/mol. The summed E-state index contributed by atoms with van der Waals surface area (Å²) in [4.78, 5) is 9.21. The van der Waals surface area contributed by atoms with Crippen LogP contribution in [0, 0.1) is 0 Å². The Morgan fingerprint density at radius 2 is 2.30 bits per heavy atom. The first kappa shape index (κ1) is 14.6. The van der Waals surface area contributed by atoms with Gasteiger partial charge in [0.15, 0.2) is 5.84 Å². The summed E-state index contributed by atoms with van der Waals surface area (Å²) in [6.07, 6.45) is 3.89. The zero-order valence-corrected chi connectivity index (χ0v) is 12.2. The van der Waals surface area contributed by atoms with Crippen LogP contribution in [0.25, 0.3) is 0 Å². The van der Waals surface area contributed by atoms with Gasteiger partial charge in [-0.3, -0.25) is 0 Å². The van der Waals surface area contributed by atoms with Gasteiger partial charge in [0.1, 0.15) is 5.82 Å². The molecule has 2 heterocycles. The SMILES string of the molecule is CCC1CN(C)CCCN1c1ccc(/C(N)=N/O)cn1. The van der Waals surface area contributed by atoms with Crippen LogP contribution in [0.3, 0.4) is 0 Å². The van der Waals surface area contributed by atoms with Crippen molar-refractivity contribution in [3.63, 3.8) is 0 Å². The number of pyridine rings is 1. The van der Waals surface area contributed by atoms with Gasteiger partial charge >= 0.3 is 0 Å². The lowest BCUT2D eigenvalue weighted by Gasteiger charge is -2.31. The molecule has 0 aliphatic carbocycles. The Morgan fingerprint density at radius 1 is 1.50 bits per heavy atom. The Labute approximate surface area is 119 Å². The molecule has 1 fully saturated rings. The summed E-state index contributed by atoms with van der Waals surface area (Å²) in [5.74, 6) is 1.05. The van der Waals surface area contributed by atoms with Crippen LogP contribution in [0.5, 0.6) is 0 Å². The van der Waals surface area contributed by atoms with Crippen molar-refractivity contribution in [1.29, 1.82) is 0 Å². The molecule has 1 unspecified atom stereocenters. The van der Waals surface area contributed by atoms with Crippen molar-refractivity contribution >= 4 is 11.7 Å². The molecule has 0 radical (unpaired) electrons. The quantitative estimate of drug-likeness (QED) is 0.374. The topological polar surface area (TPSA) is 78.0 Å². The highest BCUT2D eigenvalue weighted by atomic mass is 16.4. The Balaban J connectivity index is 2.20. The van der Waals surface area contributed by atoms with E-state index in [0.29, 0.717) is 11.6 Å². The third-order valence-corrected chi connectivity index (χ3v) is 3.82. The van der Waals surface area contributed by atoms with Crippen LogP contribution in [-0.2, 0) is 0 Å². The molecule has 0 aromatic carbocycles. The number of nitrogens with zero attached hydrogens (tertiary/aromatic N) is 4. The molecular weight excluding hydrogens is 254 g/mol. The van der Waals surface area contributed by atoms with Crippen molar-refractivity contribution < 1.29 is 5.21 Å². The van der Waals surface area contributed by atoms with Gasteiger partial charge < -0.3 is 20.7 Å². The third-order valence-electron chi connectivity index (χ3n) is 3.82. The Hall–Kier alpha value is -1.82. The number of likely N-dealkylation sites (N-methyl/N-ethyl adjacent to an activating group) is 1. The van der Waals surface area contributed by atoms with E-state index in [1.807, 2.05) is 12.1 Å². The van der Waals surface area contributed by atoms with Crippen LogP contribution in [0.2, 0.25) is 0 Å². The minimum absolute atomic E-state index is 0.0895. The predicted octanol–water partition coefficient (Wildman–Crippen LogP) is 1.10. The fourth-order valence-electron chi connectivity index (χ4n) is 2.66. The fraction of sp³-hybridized carbons (Fsp3) is 0.571. The lowest BCUT2D eigenvalue weighted by Crippen LogP contribution is -2.40. The Morgan fingerprint density at radius 3 is 2.90 bits per heavy atom. The summed E-state index contributed by atoms with van der Waals surface area (Å²) in [6, 6.07) is 4.27. The summed E-state index contributed by atoms with van der Waals surface area (Å²) in [6.45, 7) is 5.40. The summed E-state index contributed by atoms with van der Waals surface area (Å²) in [7, 11) is 2.17. The van der Waals surface area contributed by atoms with Crippen molar-refractivity contribution in [2.45, 2.75) is 25.8 Å². The van der Waals surface area contributed by atoms with E-state index in [2.05, 4.69) is 33.9 Å². The number of anilines is 1. The molecule has 1 aliphatic rings. The summed E-state index contributed by atoms with van der Waals surface area (Å²) < 4.78 is 0. The first-order valence-electron chi connectivity index (χ1n) is 7.04. The van der Waals surface area contributed by atoms with Gasteiger partial charge in [0.05, 0.1) is 0 Å². The Bertz CT molecular complexity index is 459. The lowest BCUT2D eigenvalue weighted by atomic mass is 10.1. The number of rotatable bonds is 3. The van der Waals surface area contributed by atoms with Crippen LogP contribution >= 0.6 is 0 Å². The van der Waals surface area contributed by atoms with Crippen molar-refractivity contribution in [3.05, 3.63) is 23.9 Å². The van der Waals surface area contributed by atoms with E-state index in [-0.39, 0.29) is 5.84 Å². The van der Waals surface area contributed by atoms with E-state index in [1.165, 1.54) is 0 Å². The van der Waals surface area contributed by atoms with E-state index in [0.717, 1.165) is 38.3 Å². The van der Waals surface area contributed by atoms with Gasteiger partial charge in [0.2, 0.25) is 0 Å².